The van der Waals surface area contributed by atoms with Crippen molar-refractivity contribution in [3.8, 4) is 6.07 Å². The van der Waals surface area contributed by atoms with E-state index in [9.17, 15) is 4.79 Å². The molecule has 1 rings (SSSR count). The van der Waals surface area contributed by atoms with Crippen molar-refractivity contribution in [2.24, 2.45) is 0 Å². The first-order chi connectivity index (χ1) is 6.76. The van der Waals surface area contributed by atoms with Crippen LogP contribution >= 0.6 is 11.6 Å². The van der Waals surface area contributed by atoms with Crippen molar-refractivity contribution in [2.75, 3.05) is 5.88 Å². The molecule has 0 fully saturated rings. The van der Waals surface area contributed by atoms with Crippen LogP contribution in [0.3, 0.4) is 0 Å². The van der Waals surface area contributed by atoms with Gasteiger partial charge in [0.05, 0.1) is 18.4 Å². The molecule has 0 aliphatic rings. The van der Waals surface area contributed by atoms with Crippen LogP contribution in [0.4, 0.5) is 0 Å². The maximum atomic E-state index is 11.1. The fraction of sp³-hybridized carbons (Fsp3) is 0.273. The molecule has 2 nitrogen and oxygen atoms in total. The minimum Gasteiger partial charge on any atom is -0.298 e. The summed E-state index contributed by atoms with van der Waals surface area (Å²) in [4.78, 5) is 11.1. The topological polar surface area (TPSA) is 40.9 Å². The smallest absolute Gasteiger partial charge is 0.151 e. The van der Waals surface area contributed by atoms with Gasteiger partial charge in [-0.1, -0.05) is 24.3 Å². The summed E-state index contributed by atoms with van der Waals surface area (Å²) in [6, 6.07) is 9.53. The van der Waals surface area contributed by atoms with Gasteiger partial charge in [-0.05, 0) is 11.1 Å². The van der Waals surface area contributed by atoms with Gasteiger partial charge in [0.15, 0.2) is 5.78 Å². The fourth-order valence-corrected chi connectivity index (χ4v) is 1.31. The van der Waals surface area contributed by atoms with Gasteiger partial charge >= 0.3 is 0 Å². The summed E-state index contributed by atoms with van der Waals surface area (Å²) in [5.74, 6) is 0.0448. The van der Waals surface area contributed by atoms with Crippen LogP contribution in [0.5, 0.6) is 0 Å². The summed E-state index contributed by atoms with van der Waals surface area (Å²) in [5.41, 5.74) is 1.86. The first-order valence-electron chi connectivity index (χ1n) is 4.28. The Morgan fingerprint density at radius 3 is 2.79 bits per heavy atom. The second-order valence-corrected chi connectivity index (χ2v) is 3.27. The van der Waals surface area contributed by atoms with Crippen molar-refractivity contribution in [3.63, 3.8) is 0 Å². The quantitative estimate of drug-likeness (QED) is 0.710. The standard InChI is InChI=1S/C11H10ClNO/c12-8-11(14)7-10-3-1-2-9(6-10)4-5-13/h1-3,6H,4,7-8H2. The number of Topliss-reactive ketones (excluding diaryl/α,β-unsaturated/α-hetero) is 1. The predicted octanol–water partition coefficient (Wildman–Crippen LogP) is 2.10. The summed E-state index contributed by atoms with van der Waals surface area (Å²) < 4.78 is 0. The van der Waals surface area contributed by atoms with E-state index in [1.54, 1.807) is 0 Å². The SMILES string of the molecule is N#CCc1cccc(CC(=O)CCl)c1. The molecule has 0 saturated heterocycles. The molecular weight excluding hydrogens is 198 g/mol. The Morgan fingerprint density at radius 2 is 2.14 bits per heavy atom. The normalized spacial score (nSPS) is 9.43. The van der Waals surface area contributed by atoms with Gasteiger partial charge < -0.3 is 0 Å². The molecule has 0 heterocycles. The number of carbonyl (C=O) groups excluding carboxylic acids is 1. The number of hydrogen-bond acceptors (Lipinski definition) is 2. The van der Waals surface area contributed by atoms with E-state index >= 15 is 0 Å². The number of benzene rings is 1. The highest BCUT2D eigenvalue weighted by atomic mass is 35.5. The molecule has 0 radical (unpaired) electrons. The fourth-order valence-electron chi connectivity index (χ4n) is 1.22. The average molecular weight is 208 g/mol. The average Bonchev–Trinajstić information content (AvgIpc) is 2.19. The highest BCUT2D eigenvalue weighted by Crippen LogP contribution is 2.07. The van der Waals surface area contributed by atoms with E-state index in [2.05, 4.69) is 6.07 Å². The van der Waals surface area contributed by atoms with Crippen LogP contribution in [0.2, 0.25) is 0 Å². The number of alkyl halides is 1. The van der Waals surface area contributed by atoms with Crippen LogP contribution in [0, 0.1) is 11.3 Å². The largest absolute Gasteiger partial charge is 0.298 e. The van der Waals surface area contributed by atoms with Crippen LogP contribution < -0.4 is 0 Å². The van der Waals surface area contributed by atoms with E-state index in [4.69, 9.17) is 16.9 Å². The van der Waals surface area contributed by atoms with Crippen LogP contribution in [-0.4, -0.2) is 11.7 Å². The first kappa shape index (κ1) is 10.7. The summed E-state index contributed by atoms with van der Waals surface area (Å²) in [6.07, 6.45) is 0.728. The molecule has 0 aliphatic heterocycles. The predicted molar refractivity (Wildman–Crippen MR) is 55.2 cm³/mol. The zero-order chi connectivity index (χ0) is 10.4. The van der Waals surface area contributed by atoms with Crippen molar-refractivity contribution < 1.29 is 4.79 Å². The van der Waals surface area contributed by atoms with Crippen molar-refractivity contribution in [2.45, 2.75) is 12.8 Å². The summed E-state index contributed by atoms with van der Waals surface area (Å²) >= 11 is 5.40. The number of hydrogen-bond donors (Lipinski definition) is 0. The van der Waals surface area contributed by atoms with Crippen molar-refractivity contribution in [1.82, 2.24) is 0 Å². The Morgan fingerprint density at radius 1 is 1.43 bits per heavy atom. The van der Waals surface area contributed by atoms with Gasteiger partial charge in [0.1, 0.15) is 0 Å². The molecule has 0 N–H and O–H groups in total. The third-order valence-corrected chi connectivity index (χ3v) is 2.12. The third kappa shape index (κ3) is 3.20. The molecule has 3 heteroatoms. The van der Waals surface area contributed by atoms with E-state index < -0.39 is 0 Å². The molecule has 0 atom stereocenters. The summed E-state index contributed by atoms with van der Waals surface area (Å²) in [6.45, 7) is 0. The Balaban J connectivity index is 2.74. The van der Waals surface area contributed by atoms with Gasteiger partial charge in [-0.15, -0.1) is 11.6 Å². The maximum absolute atomic E-state index is 11.1. The third-order valence-electron chi connectivity index (χ3n) is 1.82. The molecule has 0 saturated carbocycles. The lowest BCUT2D eigenvalue weighted by atomic mass is 10.1. The number of nitriles is 1. The lowest BCUT2D eigenvalue weighted by Crippen LogP contribution is -2.03. The molecule has 0 aliphatic carbocycles. The monoisotopic (exact) mass is 207 g/mol. The highest BCUT2D eigenvalue weighted by Gasteiger charge is 2.02. The molecule has 1 aromatic carbocycles. The molecule has 72 valence electrons. The minimum atomic E-state index is 0.000717. The Kier molecular flexibility index (Phi) is 4.15. The highest BCUT2D eigenvalue weighted by molar-refractivity contribution is 6.27. The second kappa shape index (κ2) is 5.41. The van der Waals surface area contributed by atoms with Crippen molar-refractivity contribution in [3.05, 3.63) is 35.4 Å². The first-order valence-corrected chi connectivity index (χ1v) is 4.82. The van der Waals surface area contributed by atoms with Gasteiger partial charge in [-0.3, -0.25) is 4.79 Å². The number of rotatable bonds is 4. The number of ketones is 1. The molecular formula is C11H10ClNO. The van der Waals surface area contributed by atoms with Gasteiger partial charge in [0.25, 0.3) is 0 Å². The molecule has 0 spiro atoms. The molecule has 0 amide bonds. The maximum Gasteiger partial charge on any atom is 0.151 e. The molecule has 0 bridgehead atoms. The van der Waals surface area contributed by atoms with E-state index in [0.29, 0.717) is 12.8 Å². The summed E-state index contributed by atoms with van der Waals surface area (Å²) in [7, 11) is 0. The lowest BCUT2D eigenvalue weighted by Gasteiger charge is -2.00. The minimum absolute atomic E-state index is 0.000717. The Labute approximate surface area is 88.1 Å². The zero-order valence-electron chi connectivity index (χ0n) is 7.66. The molecule has 1 aromatic rings. The van der Waals surface area contributed by atoms with Gasteiger partial charge in [-0.25, -0.2) is 0 Å². The van der Waals surface area contributed by atoms with Crippen molar-refractivity contribution >= 4 is 17.4 Å². The Hall–Kier alpha value is -1.33. The number of nitrogens with zero attached hydrogens (tertiary/aromatic N) is 1. The molecule has 0 aromatic heterocycles. The van der Waals surface area contributed by atoms with Gasteiger partial charge in [0, 0.05) is 6.42 Å². The van der Waals surface area contributed by atoms with Crippen LogP contribution in [0.1, 0.15) is 11.1 Å². The number of carbonyl (C=O) groups is 1. The van der Waals surface area contributed by atoms with Gasteiger partial charge in [-0.2, -0.15) is 5.26 Å². The van der Waals surface area contributed by atoms with Crippen molar-refractivity contribution in [1.29, 1.82) is 5.26 Å². The van der Waals surface area contributed by atoms with E-state index in [0.717, 1.165) is 11.1 Å². The number of halogens is 1. The second-order valence-electron chi connectivity index (χ2n) is 3.00. The molecule has 0 unspecified atom stereocenters. The van der Waals surface area contributed by atoms with E-state index in [1.165, 1.54) is 0 Å². The zero-order valence-corrected chi connectivity index (χ0v) is 8.42. The Bertz CT molecular complexity index is 368. The lowest BCUT2D eigenvalue weighted by molar-refractivity contribution is -0.116. The van der Waals surface area contributed by atoms with E-state index in [-0.39, 0.29) is 11.7 Å². The van der Waals surface area contributed by atoms with E-state index in [1.807, 2.05) is 24.3 Å². The van der Waals surface area contributed by atoms with Crippen LogP contribution in [0.15, 0.2) is 24.3 Å². The van der Waals surface area contributed by atoms with Crippen LogP contribution in [0.25, 0.3) is 0 Å². The molecule has 14 heavy (non-hydrogen) atoms. The summed E-state index contributed by atoms with van der Waals surface area (Å²) in [5, 5.41) is 8.50. The van der Waals surface area contributed by atoms with Crippen LogP contribution in [-0.2, 0) is 17.6 Å². The van der Waals surface area contributed by atoms with Gasteiger partial charge in [0.2, 0.25) is 0 Å².